The largest absolute Gasteiger partial charge is 0.573 e. The molecule has 2 saturated heterocycles. The zero-order valence-electron chi connectivity index (χ0n) is 16.4. The second-order valence-corrected chi connectivity index (χ2v) is 9.52. The molecule has 2 N–H and O–H groups in total. The van der Waals surface area contributed by atoms with Crippen LogP contribution in [0, 0.1) is 0 Å². The first-order valence-electron chi connectivity index (χ1n) is 9.16. The molecule has 32 heavy (non-hydrogen) atoms. The van der Waals surface area contributed by atoms with Crippen molar-refractivity contribution in [3.05, 3.63) is 40.2 Å². The van der Waals surface area contributed by atoms with E-state index >= 15 is 0 Å². The predicted molar refractivity (Wildman–Crippen MR) is 104 cm³/mol. The number of carbonyl (C=O) groups excluding carboxylic acids is 2. The summed E-state index contributed by atoms with van der Waals surface area (Å²) in [6, 6.07) is 1.90. The molecule has 2 aliphatic heterocycles. The molecule has 0 aliphatic carbocycles. The highest BCUT2D eigenvalue weighted by molar-refractivity contribution is 8.01. The van der Waals surface area contributed by atoms with Gasteiger partial charge in [-0.3, -0.25) is 9.59 Å². The Morgan fingerprint density at radius 1 is 1.25 bits per heavy atom. The molecule has 1 aromatic carbocycles. The molecule has 2 aliphatic rings. The average molecular weight is 472 g/mol. The molecule has 13 heteroatoms. The Hall–Kier alpha value is -3.22. The lowest BCUT2D eigenvalue weighted by Crippen LogP contribution is -2.70. The molecule has 4 rings (SSSR count). The number of halogens is 3. The van der Waals surface area contributed by atoms with Gasteiger partial charge in [0.1, 0.15) is 34.4 Å². The Balaban J connectivity index is 1.58. The van der Waals surface area contributed by atoms with Gasteiger partial charge in [-0.15, -0.1) is 24.9 Å². The lowest BCUT2D eigenvalue weighted by Gasteiger charge is -2.43. The number of hydrogen-bond acceptors (Lipinski definition) is 7. The fraction of sp³-hybridized carbons (Fsp3) is 0.368. The number of carboxylic acids is 1. The van der Waals surface area contributed by atoms with Crippen LogP contribution in [-0.4, -0.2) is 56.4 Å². The van der Waals surface area contributed by atoms with E-state index < -0.39 is 63.3 Å². The summed E-state index contributed by atoms with van der Waals surface area (Å²) in [6.45, 7) is 3.33. The lowest BCUT2D eigenvalue weighted by molar-refractivity contribution is -0.274. The SMILES string of the molecule is CC1(C)SC2C(NC(=O)c3cc4cc(OC(F)(F)F)ccc4oc3=O)C(=O)N2C1C(=O)O. The molecule has 0 spiro atoms. The molecule has 3 atom stereocenters. The zero-order valence-corrected chi connectivity index (χ0v) is 17.2. The summed E-state index contributed by atoms with van der Waals surface area (Å²) in [7, 11) is 0. The van der Waals surface area contributed by atoms with Gasteiger partial charge in [0.05, 0.1) is 0 Å². The number of amides is 2. The zero-order chi connectivity index (χ0) is 23.6. The van der Waals surface area contributed by atoms with Crippen LogP contribution in [0.3, 0.4) is 0 Å². The van der Waals surface area contributed by atoms with E-state index in [0.29, 0.717) is 0 Å². The lowest BCUT2D eigenvalue weighted by atomic mass is 9.96. The number of β-lactam (4-membered cyclic amide) rings is 1. The highest BCUT2D eigenvalue weighted by Crippen LogP contribution is 2.50. The van der Waals surface area contributed by atoms with Crippen molar-refractivity contribution >= 4 is 40.5 Å². The molecular weight excluding hydrogens is 457 g/mol. The summed E-state index contributed by atoms with van der Waals surface area (Å²) in [6.07, 6.45) is -4.93. The van der Waals surface area contributed by atoms with Crippen LogP contribution in [0.25, 0.3) is 11.0 Å². The van der Waals surface area contributed by atoms with E-state index in [4.69, 9.17) is 4.42 Å². The number of alkyl halides is 3. The highest BCUT2D eigenvalue weighted by atomic mass is 32.2. The van der Waals surface area contributed by atoms with Crippen LogP contribution in [0.4, 0.5) is 13.2 Å². The molecule has 3 unspecified atom stereocenters. The maximum atomic E-state index is 12.7. The van der Waals surface area contributed by atoms with Crippen molar-refractivity contribution in [1.29, 1.82) is 0 Å². The number of carboxylic acid groups (broad SMARTS) is 1. The fourth-order valence-electron chi connectivity index (χ4n) is 3.82. The Kier molecular flexibility index (Phi) is 4.91. The summed E-state index contributed by atoms with van der Waals surface area (Å²) < 4.78 is 45.3. The summed E-state index contributed by atoms with van der Waals surface area (Å²) >= 11 is 1.20. The molecule has 1 aromatic heterocycles. The number of hydrogen-bond donors (Lipinski definition) is 2. The van der Waals surface area contributed by atoms with E-state index in [1.807, 2.05) is 0 Å². The average Bonchev–Trinajstić information content (AvgIpc) is 2.92. The molecule has 3 heterocycles. The number of nitrogens with zero attached hydrogens (tertiary/aromatic N) is 1. The molecule has 9 nitrogen and oxygen atoms in total. The van der Waals surface area contributed by atoms with Crippen LogP contribution in [0.1, 0.15) is 24.2 Å². The van der Waals surface area contributed by atoms with Crippen molar-refractivity contribution in [2.45, 2.75) is 42.4 Å². The summed E-state index contributed by atoms with van der Waals surface area (Å²) in [4.78, 5) is 50.1. The maximum Gasteiger partial charge on any atom is 0.573 e. The van der Waals surface area contributed by atoms with Crippen LogP contribution in [0.5, 0.6) is 5.75 Å². The van der Waals surface area contributed by atoms with E-state index in [0.717, 1.165) is 24.3 Å². The van der Waals surface area contributed by atoms with Gasteiger partial charge < -0.3 is 24.5 Å². The van der Waals surface area contributed by atoms with Gasteiger partial charge in [0.2, 0.25) is 5.91 Å². The Morgan fingerprint density at radius 3 is 2.56 bits per heavy atom. The monoisotopic (exact) mass is 472 g/mol. The first-order chi connectivity index (χ1) is 14.8. The van der Waals surface area contributed by atoms with Crippen molar-refractivity contribution in [1.82, 2.24) is 10.2 Å². The van der Waals surface area contributed by atoms with E-state index in [2.05, 4.69) is 10.1 Å². The molecule has 170 valence electrons. The summed E-state index contributed by atoms with van der Waals surface area (Å²) in [5.74, 6) is -3.33. The smallest absolute Gasteiger partial charge is 0.480 e. The number of ether oxygens (including phenoxy) is 1. The summed E-state index contributed by atoms with van der Waals surface area (Å²) in [5.41, 5.74) is -1.64. The van der Waals surface area contributed by atoms with E-state index in [1.165, 1.54) is 16.7 Å². The second kappa shape index (κ2) is 7.15. The van der Waals surface area contributed by atoms with Crippen LogP contribution in [0.2, 0.25) is 0 Å². The molecule has 2 aromatic rings. The number of rotatable bonds is 4. The third-order valence-corrected chi connectivity index (χ3v) is 6.71. The van der Waals surface area contributed by atoms with Gasteiger partial charge in [-0.25, -0.2) is 9.59 Å². The van der Waals surface area contributed by atoms with Gasteiger partial charge in [-0.05, 0) is 38.1 Å². The van der Waals surface area contributed by atoms with Crippen molar-refractivity contribution in [2.24, 2.45) is 0 Å². The van der Waals surface area contributed by atoms with Gasteiger partial charge in [-0.2, -0.15) is 0 Å². The first-order valence-corrected chi connectivity index (χ1v) is 10.0. The van der Waals surface area contributed by atoms with Crippen molar-refractivity contribution in [3.8, 4) is 5.75 Å². The van der Waals surface area contributed by atoms with Crippen LogP contribution in [-0.2, 0) is 9.59 Å². The van der Waals surface area contributed by atoms with Crippen molar-refractivity contribution < 1.29 is 41.8 Å². The Labute approximate surface area is 181 Å². The molecule has 0 saturated carbocycles. The van der Waals surface area contributed by atoms with Crippen molar-refractivity contribution in [2.75, 3.05) is 0 Å². The van der Waals surface area contributed by atoms with Crippen molar-refractivity contribution in [3.63, 3.8) is 0 Å². The number of thioether (sulfide) groups is 1. The van der Waals surface area contributed by atoms with Crippen LogP contribution < -0.4 is 15.7 Å². The minimum Gasteiger partial charge on any atom is -0.480 e. The standard InChI is InChI=1S/C19H15F3N2O7S/c1-18(2)12(16(27)28)24-14(26)11(15(24)32-18)23-13(25)9-6-7-5-8(31-19(20,21)22)3-4-10(7)30-17(9)29/h3-6,11-12,15H,1-2H3,(H,23,25)(H,27,28). The minimum absolute atomic E-state index is 0.000350. The normalized spacial score (nSPS) is 24.1. The number of nitrogens with one attached hydrogen (secondary N) is 1. The maximum absolute atomic E-state index is 12.7. The van der Waals surface area contributed by atoms with E-state index in [-0.39, 0.29) is 11.0 Å². The third kappa shape index (κ3) is 3.66. The molecule has 0 radical (unpaired) electrons. The van der Waals surface area contributed by atoms with Gasteiger partial charge in [0.15, 0.2) is 0 Å². The number of aliphatic carboxylic acids is 1. The van der Waals surface area contributed by atoms with Gasteiger partial charge in [0, 0.05) is 10.1 Å². The molecule has 2 fully saturated rings. The minimum atomic E-state index is -4.93. The quantitative estimate of drug-likeness (QED) is 0.511. The highest BCUT2D eigenvalue weighted by Gasteiger charge is 2.64. The topological polar surface area (TPSA) is 126 Å². The third-order valence-electron chi connectivity index (χ3n) is 5.14. The van der Waals surface area contributed by atoms with Gasteiger partial charge in [0.25, 0.3) is 5.91 Å². The van der Waals surface area contributed by atoms with Gasteiger partial charge in [-0.1, -0.05) is 0 Å². The Bertz CT molecular complexity index is 1210. The fourth-order valence-corrected chi connectivity index (χ4v) is 5.45. The first kappa shape index (κ1) is 22.0. The molecular formula is C19H15F3N2O7S. The molecule has 0 bridgehead atoms. The number of benzene rings is 1. The van der Waals surface area contributed by atoms with E-state index in [9.17, 15) is 37.5 Å². The summed E-state index contributed by atoms with van der Waals surface area (Å²) in [5, 5.41) is 11.2. The van der Waals surface area contributed by atoms with E-state index in [1.54, 1.807) is 13.8 Å². The number of fused-ring (bicyclic) bond motifs is 2. The van der Waals surface area contributed by atoms with Crippen LogP contribution in [0.15, 0.2) is 33.5 Å². The predicted octanol–water partition coefficient (Wildman–Crippen LogP) is 1.94. The Morgan fingerprint density at radius 2 is 1.94 bits per heavy atom. The van der Waals surface area contributed by atoms with Crippen LogP contribution >= 0.6 is 11.8 Å². The van der Waals surface area contributed by atoms with Gasteiger partial charge >= 0.3 is 18.0 Å². The second-order valence-electron chi connectivity index (χ2n) is 7.74. The number of carbonyl (C=O) groups is 3. The molecule has 2 amide bonds.